The Morgan fingerprint density at radius 1 is 1.48 bits per heavy atom. The van der Waals surface area contributed by atoms with Crippen molar-refractivity contribution in [1.29, 1.82) is 0 Å². The third-order valence-electron chi connectivity index (χ3n) is 2.69. The summed E-state index contributed by atoms with van der Waals surface area (Å²) in [5, 5.41) is 6.05. The van der Waals surface area contributed by atoms with Gasteiger partial charge in [0, 0.05) is 19.8 Å². The average molecular weight is 372 g/mol. The first kappa shape index (κ1) is 18.0. The van der Waals surface area contributed by atoms with Crippen LogP contribution in [-0.4, -0.2) is 35.4 Å². The normalized spacial score (nSPS) is 11.7. The van der Waals surface area contributed by atoms with Gasteiger partial charge in [-0.25, -0.2) is 0 Å². The van der Waals surface area contributed by atoms with Crippen LogP contribution in [0.15, 0.2) is 4.47 Å². The maximum Gasteiger partial charge on any atom is 0.436 e. The van der Waals surface area contributed by atoms with E-state index in [1.54, 1.807) is 0 Å². The highest BCUT2D eigenvalue weighted by atomic mass is 79.9. The lowest BCUT2D eigenvalue weighted by molar-refractivity contribution is -0.142. The van der Waals surface area contributed by atoms with Crippen LogP contribution in [0.5, 0.6) is 0 Å². The minimum atomic E-state index is -4.55. The zero-order valence-corrected chi connectivity index (χ0v) is 13.3. The molecule has 0 radical (unpaired) electrons. The molecule has 0 saturated carbocycles. The Labute approximate surface area is 129 Å². The van der Waals surface area contributed by atoms with Crippen LogP contribution in [-0.2, 0) is 22.3 Å². The highest BCUT2D eigenvalue weighted by Gasteiger charge is 2.38. The van der Waals surface area contributed by atoms with Crippen molar-refractivity contribution in [2.45, 2.75) is 33.0 Å². The van der Waals surface area contributed by atoms with Crippen LogP contribution < -0.4 is 5.32 Å². The quantitative estimate of drug-likeness (QED) is 0.749. The van der Waals surface area contributed by atoms with E-state index in [1.807, 2.05) is 6.92 Å². The molecule has 0 aliphatic carbocycles. The minimum absolute atomic E-state index is 0.140. The molecule has 1 amide bonds. The van der Waals surface area contributed by atoms with Gasteiger partial charge in [-0.15, -0.1) is 0 Å². The summed E-state index contributed by atoms with van der Waals surface area (Å²) in [6.07, 6.45) is -3.90. The summed E-state index contributed by atoms with van der Waals surface area (Å²) in [5.74, 6) is -0.390. The van der Waals surface area contributed by atoms with Crippen molar-refractivity contribution < 1.29 is 22.7 Å². The third-order valence-corrected chi connectivity index (χ3v) is 3.64. The van der Waals surface area contributed by atoms with Gasteiger partial charge in [0.25, 0.3) is 0 Å². The van der Waals surface area contributed by atoms with Gasteiger partial charge in [0.1, 0.15) is 6.54 Å². The molecule has 1 aromatic heterocycles. The van der Waals surface area contributed by atoms with Crippen molar-refractivity contribution in [3.05, 3.63) is 15.9 Å². The van der Waals surface area contributed by atoms with E-state index >= 15 is 0 Å². The second kappa shape index (κ2) is 7.79. The predicted molar refractivity (Wildman–Crippen MR) is 73.8 cm³/mol. The summed E-state index contributed by atoms with van der Waals surface area (Å²) in [7, 11) is 0. The Kier molecular flexibility index (Phi) is 6.66. The molecule has 0 bridgehead atoms. The molecule has 1 aromatic rings. The molecule has 0 aliphatic heterocycles. The lowest BCUT2D eigenvalue weighted by atomic mass is 10.3. The highest BCUT2D eigenvalue weighted by Crippen LogP contribution is 2.35. The maximum atomic E-state index is 12.7. The molecule has 1 rings (SSSR count). The highest BCUT2D eigenvalue weighted by molar-refractivity contribution is 9.10. The zero-order valence-electron chi connectivity index (χ0n) is 11.8. The first-order valence-corrected chi connectivity index (χ1v) is 7.21. The van der Waals surface area contributed by atoms with Gasteiger partial charge in [-0.1, -0.05) is 0 Å². The van der Waals surface area contributed by atoms with Gasteiger partial charge < -0.3 is 10.1 Å². The van der Waals surface area contributed by atoms with Gasteiger partial charge in [-0.3, -0.25) is 9.48 Å². The van der Waals surface area contributed by atoms with Crippen LogP contribution in [0.4, 0.5) is 13.2 Å². The summed E-state index contributed by atoms with van der Waals surface area (Å²) in [6, 6.07) is 0. The van der Waals surface area contributed by atoms with Crippen LogP contribution in [0.1, 0.15) is 24.7 Å². The number of hydrogen-bond donors (Lipinski definition) is 1. The van der Waals surface area contributed by atoms with E-state index < -0.39 is 17.8 Å². The van der Waals surface area contributed by atoms with Crippen molar-refractivity contribution in [2.24, 2.45) is 0 Å². The van der Waals surface area contributed by atoms with Crippen molar-refractivity contribution in [3.63, 3.8) is 0 Å². The first-order chi connectivity index (χ1) is 9.77. The fourth-order valence-corrected chi connectivity index (χ4v) is 2.11. The monoisotopic (exact) mass is 371 g/mol. The van der Waals surface area contributed by atoms with Crippen LogP contribution >= 0.6 is 15.9 Å². The number of aromatic nitrogens is 2. The van der Waals surface area contributed by atoms with E-state index in [-0.39, 0.29) is 16.7 Å². The molecule has 0 fully saturated rings. The molecule has 1 N–H and O–H groups in total. The molecule has 0 unspecified atom stereocenters. The summed E-state index contributed by atoms with van der Waals surface area (Å²) >= 11 is 2.86. The molecule has 0 aliphatic rings. The molecule has 0 aromatic carbocycles. The Bertz CT molecular complexity index is 489. The number of nitrogens with one attached hydrogen (secondary N) is 1. The number of carbonyl (C=O) groups excluding carboxylic acids is 1. The minimum Gasteiger partial charge on any atom is -0.382 e. The van der Waals surface area contributed by atoms with Crippen molar-refractivity contribution in [3.8, 4) is 0 Å². The lowest BCUT2D eigenvalue weighted by Crippen LogP contribution is -2.29. The summed E-state index contributed by atoms with van der Waals surface area (Å²) in [4.78, 5) is 11.7. The van der Waals surface area contributed by atoms with Crippen LogP contribution in [0.25, 0.3) is 0 Å². The molecule has 5 nitrogen and oxygen atoms in total. The Balaban J connectivity index is 2.57. The van der Waals surface area contributed by atoms with E-state index in [2.05, 4.69) is 26.3 Å². The fraction of sp³-hybridized carbons (Fsp3) is 0.667. The van der Waals surface area contributed by atoms with Crippen LogP contribution in [0.3, 0.4) is 0 Å². The number of hydrogen-bond acceptors (Lipinski definition) is 3. The topological polar surface area (TPSA) is 56.1 Å². The van der Waals surface area contributed by atoms with E-state index in [0.29, 0.717) is 26.2 Å². The molecule has 21 heavy (non-hydrogen) atoms. The van der Waals surface area contributed by atoms with Crippen molar-refractivity contribution in [2.75, 3.05) is 19.8 Å². The molecule has 0 spiro atoms. The third kappa shape index (κ3) is 5.31. The second-order valence-electron chi connectivity index (χ2n) is 4.30. The van der Waals surface area contributed by atoms with E-state index in [0.717, 1.165) is 4.68 Å². The Morgan fingerprint density at radius 2 is 2.14 bits per heavy atom. The standard InChI is InChI=1S/C12H17BrF3N3O2/c1-3-21-6-4-5-17-9(20)7-19-8(2)10(13)11(18-19)12(14,15)16/h3-7H2,1-2H3,(H,17,20). The number of nitrogens with zero attached hydrogens (tertiary/aromatic N) is 2. The van der Waals surface area contributed by atoms with Gasteiger partial charge in [0.2, 0.25) is 5.91 Å². The van der Waals surface area contributed by atoms with Gasteiger partial charge in [-0.05, 0) is 36.2 Å². The molecular formula is C12H17BrF3N3O2. The molecule has 1 heterocycles. The molecule has 0 saturated heterocycles. The van der Waals surface area contributed by atoms with Crippen LogP contribution in [0.2, 0.25) is 0 Å². The number of ether oxygens (including phenoxy) is 1. The smallest absolute Gasteiger partial charge is 0.382 e. The number of halogens is 4. The molecular weight excluding hydrogens is 355 g/mol. The van der Waals surface area contributed by atoms with Crippen molar-refractivity contribution >= 4 is 21.8 Å². The summed E-state index contributed by atoms with van der Waals surface area (Å²) in [5.41, 5.74) is -0.768. The number of amides is 1. The fourth-order valence-electron chi connectivity index (χ4n) is 1.60. The van der Waals surface area contributed by atoms with Gasteiger partial charge >= 0.3 is 6.18 Å². The number of rotatable bonds is 7. The van der Waals surface area contributed by atoms with E-state index in [4.69, 9.17) is 4.74 Å². The predicted octanol–water partition coefficient (Wildman–Crippen LogP) is 2.52. The number of alkyl halides is 3. The maximum absolute atomic E-state index is 12.7. The van der Waals surface area contributed by atoms with Crippen molar-refractivity contribution in [1.82, 2.24) is 15.1 Å². The lowest BCUT2D eigenvalue weighted by Gasteiger charge is -2.07. The van der Waals surface area contributed by atoms with E-state index in [9.17, 15) is 18.0 Å². The molecule has 120 valence electrons. The summed E-state index contributed by atoms with van der Waals surface area (Å²) in [6.45, 7) is 4.63. The van der Waals surface area contributed by atoms with Gasteiger partial charge in [0.15, 0.2) is 5.69 Å². The largest absolute Gasteiger partial charge is 0.436 e. The van der Waals surface area contributed by atoms with E-state index in [1.165, 1.54) is 6.92 Å². The SMILES string of the molecule is CCOCCCNC(=O)Cn1nc(C(F)(F)F)c(Br)c1C. The van der Waals surface area contributed by atoms with Crippen LogP contribution in [0, 0.1) is 6.92 Å². The van der Waals surface area contributed by atoms with Gasteiger partial charge in [0.05, 0.1) is 10.2 Å². The number of carbonyl (C=O) groups is 1. The summed E-state index contributed by atoms with van der Waals surface area (Å²) < 4.78 is 44.0. The Morgan fingerprint density at radius 3 is 2.67 bits per heavy atom. The van der Waals surface area contributed by atoms with Gasteiger partial charge in [-0.2, -0.15) is 18.3 Å². The zero-order chi connectivity index (χ0) is 16.0. The molecule has 9 heteroatoms. The Hall–Kier alpha value is -1.09. The first-order valence-electron chi connectivity index (χ1n) is 6.42. The average Bonchev–Trinajstić information content (AvgIpc) is 2.66. The molecule has 0 atom stereocenters. The second-order valence-corrected chi connectivity index (χ2v) is 5.10.